The van der Waals surface area contributed by atoms with E-state index in [1.807, 2.05) is 45.9 Å². The summed E-state index contributed by atoms with van der Waals surface area (Å²) in [6, 6.07) is 8.02. The fraction of sp³-hybridized carbons (Fsp3) is 0.500. The van der Waals surface area contributed by atoms with Gasteiger partial charge in [0.2, 0.25) is 0 Å². The maximum Gasteiger partial charge on any atom is 0.414 e. The highest BCUT2D eigenvalue weighted by atomic mass is 79.9. The first-order valence-corrected chi connectivity index (χ1v) is 7.67. The third-order valence-corrected chi connectivity index (χ3v) is 4.03. The zero-order valence-corrected chi connectivity index (χ0v) is 14.3. The van der Waals surface area contributed by atoms with Crippen LogP contribution in [0.4, 0.5) is 10.5 Å². The molecular weight excluding hydrogens is 332 g/mol. The van der Waals surface area contributed by atoms with Crippen LogP contribution in [-0.4, -0.2) is 18.2 Å². The third-order valence-electron chi connectivity index (χ3n) is 3.54. The van der Waals surface area contributed by atoms with Crippen LogP contribution in [-0.2, 0) is 10.2 Å². The van der Waals surface area contributed by atoms with Gasteiger partial charge in [0.25, 0.3) is 0 Å². The van der Waals surface area contributed by atoms with Gasteiger partial charge in [0, 0.05) is 11.0 Å². The summed E-state index contributed by atoms with van der Waals surface area (Å²) in [5.74, 6) is 0. The topological polar surface area (TPSA) is 53.3 Å². The predicted octanol–water partition coefficient (Wildman–Crippen LogP) is 4.38. The van der Waals surface area contributed by atoms with Gasteiger partial charge in [0.1, 0.15) is 5.60 Å². The first-order chi connectivity index (χ1) is 9.66. The zero-order chi connectivity index (χ0) is 15.8. The summed E-state index contributed by atoms with van der Waals surface area (Å²) in [7, 11) is 0. The smallest absolute Gasteiger partial charge is 0.414 e. The lowest BCUT2D eigenvalue weighted by Gasteiger charge is -2.37. The van der Waals surface area contributed by atoms with Gasteiger partial charge >= 0.3 is 6.09 Å². The largest absolute Gasteiger partial charge is 0.443 e. The van der Waals surface area contributed by atoms with Gasteiger partial charge in [-0.15, -0.1) is 0 Å². The molecule has 0 spiro atoms. The van der Waals surface area contributed by atoms with E-state index in [0.29, 0.717) is 13.0 Å². The number of hydrogen-bond donors (Lipinski definition) is 0. The quantitative estimate of drug-likeness (QED) is 0.697. The fourth-order valence-electron chi connectivity index (χ4n) is 2.40. The Morgan fingerprint density at radius 3 is 2.71 bits per heavy atom. The Labute approximate surface area is 133 Å². The summed E-state index contributed by atoms with van der Waals surface area (Å²) in [4.78, 5) is 14.0. The molecule has 21 heavy (non-hydrogen) atoms. The molecule has 0 radical (unpaired) electrons. The van der Waals surface area contributed by atoms with E-state index in [2.05, 4.69) is 22.0 Å². The Morgan fingerprint density at radius 2 is 2.14 bits per heavy atom. The second-order valence-electron chi connectivity index (χ2n) is 6.49. The molecule has 1 aromatic rings. The van der Waals surface area contributed by atoms with Gasteiger partial charge in [-0.1, -0.05) is 15.9 Å². The highest BCUT2D eigenvalue weighted by Gasteiger charge is 2.38. The second-order valence-corrected chi connectivity index (χ2v) is 7.40. The minimum atomic E-state index is -0.586. The number of carbonyl (C=O) groups is 1. The Bertz CT molecular complexity index is 616. The van der Waals surface area contributed by atoms with Gasteiger partial charge < -0.3 is 4.74 Å². The zero-order valence-electron chi connectivity index (χ0n) is 12.7. The Kier molecular flexibility index (Phi) is 4.03. The summed E-state index contributed by atoms with van der Waals surface area (Å²) < 4.78 is 6.36. The lowest BCUT2D eigenvalue weighted by molar-refractivity contribution is 0.0575. The summed E-state index contributed by atoms with van der Waals surface area (Å²) in [6.45, 7) is 7.92. The molecule has 1 aliphatic rings. The maximum atomic E-state index is 12.4. The first kappa shape index (κ1) is 15.8. The molecule has 1 heterocycles. The molecule has 0 saturated heterocycles. The summed E-state index contributed by atoms with van der Waals surface area (Å²) in [5.41, 5.74) is 0.486. The lowest BCUT2D eigenvalue weighted by Crippen LogP contribution is -2.44. The number of fused-ring (bicyclic) bond motifs is 1. The van der Waals surface area contributed by atoms with E-state index in [1.54, 1.807) is 4.90 Å². The summed E-state index contributed by atoms with van der Waals surface area (Å²) in [5, 5.41) is 9.50. The van der Waals surface area contributed by atoms with Gasteiger partial charge in [0.05, 0.1) is 17.2 Å². The first-order valence-electron chi connectivity index (χ1n) is 6.88. The van der Waals surface area contributed by atoms with E-state index in [9.17, 15) is 10.1 Å². The van der Waals surface area contributed by atoms with Crippen molar-refractivity contribution in [3.63, 3.8) is 0 Å². The number of nitriles is 1. The third kappa shape index (κ3) is 3.21. The van der Waals surface area contributed by atoms with E-state index >= 15 is 0 Å². The number of halogens is 1. The molecule has 2 rings (SSSR count). The van der Waals surface area contributed by atoms with Crippen LogP contribution >= 0.6 is 15.9 Å². The van der Waals surface area contributed by atoms with Crippen LogP contribution in [0.5, 0.6) is 0 Å². The molecule has 1 amide bonds. The van der Waals surface area contributed by atoms with Crippen molar-refractivity contribution in [2.45, 2.75) is 45.1 Å². The van der Waals surface area contributed by atoms with Crippen LogP contribution in [0.3, 0.4) is 0 Å². The van der Waals surface area contributed by atoms with E-state index in [0.717, 1.165) is 15.7 Å². The number of anilines is 1. The van der Waals surface area contributed by atoms with Crippen molar-refractivity contribution < 1.29 is 9.53 Å². The van der Waals surface area contributed by atoms with Gasteiger partial charge in [-0.3, -0.25) is 4.90 Å². The van der Waals surface area contributed by atoms with Crippen molar-refractivity contribution >= 4 is 27.7 Å². The monoisotopic (exact) mass is 350 g/mol. The number of amides is 1. The van der Waals surface area contributed by atoms with Gasteiger partial charge in [-0.25, -0.2) is 4.79 Å². The molecule has 1 atom stereocenters. The van der Waals surface area contributed by atoms with Crippen molar-refractivity contribution in [1.29, 1.82) is 5.26 Å². The van der Waals surface area contributed by atoms with Crippen molar-refractivity contribution in [3.8, 4) is 6.07 Å². The van der Waals surface area contributed by atoms with Crippen molar-refractivity contribution in [2.24, 2.45) is 0 Å². The molecule has 112 valence electrons. The minimum Gasteiger partial charge on any atom is -0.443 e. The molecule has 4 nitrogen and oxygen atoms in total. The Balaban J connectivity index is 2.44. The molecule has 0 fully saturated rings. The van der Waals surface area contributed by atoms with Gasteiger partial charge in [0.15, 0.2) is 0 Å². The number of benzene rings is 1. The van der Waals surface area contributed by atoms with Crippen molar-refractivity contribution in [1.82, 2.24) is 0 Å². The molecule has 0 saturated carbocycles. The molecule has 0 N–H and O–H groups in total. The van der Waals surface area contributed by atoms with Gasteiger partial charge in [-0.2, -0.15) is 5.26 Å². The number of nitrogens with zero attached hydrogens (tertiary/aromatic N) is 2. The highest BCUT2D eigenvalue weighted by molar-refractivity contribution is 9.10. The summed E-state index contributed by atoms with van der Waals surface area (Å²) >= 11 is 3.43. The number of ether oxygens (including phenoxy) is 1. The van der Waals surface area contributed by atoms with E-state index < -0.39 is 11.0 Å². The predicted molar refractivity (Wildman–Crippen MR) is 85.3 cm³/mol. The normalized spacial score (nSPS) is 21.4. The van der Waals surface area contributed by atoms with E-state index in [-0.39, 0.29) is 6.09 Å². The standard InChI is InChI=1S/C16H19BrN2O2/c1-15(2,3)21-14(20)19-8-7-16(4,10-18)12-9-11(17)5-6-13(12)19/h5-6,9H,7-8H2,1-4H3. The van der Waals surface area contributed by atoms with Crippen LogP contribution in [0.15, 0.2) is 22.7 Å². The van der Waals surface area contributed by atoms with Crippen LogP contribution in [0.1, 0.15) is 39.7 Å². The fourth-order valence-corrected chi connectivity index (χ4v) is 2.76. The van der Waals surface area contributed by atoms with E-state index in [1.165, 1.54) is 0 Å². The van der Waals surface area contributed by atoms with Crippen molar-refractivity contribution in [3.05, 3.63) is 28.2 Å². The average molecular weight is 351 g/mol. The summed E-state index contributed by atoms with van der Waals surface area (Å²) in [6.07, 6.45) is 0.220. The molecule has 5 heteroatoms. The Hall–Kier alpha value is -1.54. The number of carbonyl (C=O) groups excluding carboxylic acids is 1. The number of rotatable bonds is 0. The molecule has 0 aromatic heterocycles. The van der Waals surface area contributed by atoms with E-state index in [4.69, 9.17) is 4.74 Å². The minimum absolute atomic E-state index is 0.369. The van der Waals surface area contributed by atoms with Crippen molar-refractivity contribution in [2.75, 3.05) is 11.4 Å². The molecule has 1 aromatic carbocycles. The molecule has 1 unspecified atom stereocenters. The lowest BCUT2D eigenvalue weighted by atomic mass is 9.77. The van der Waals surface area contributed by atoms with Crippen LogP contribution < -0.4 is 4.90 Å². The highest BCUT2D eigenvalue weighted by Crippen LogP contribution is 2.41. The molecular formula is C16H19BrN2O2. The van der Waals surface area contributed by atoms with Crippen LogP contribution in [0.2, 0.25) is 0 Å². The number of hydrogen-bond acceptors (Lipinski definition) is 3. The molecule has 1 aliphatic heterocycles. The SMILES string of the molecule is CC(C)(C)OC(=O)N1CCC(C)(C#N)c2cc(Br)ccc21. The maximum absolute atomic E-state index is 12.4. The molecule has 0 bridgehead atoms. The van der Waals surface area contributed by atoms with Gasteiger partial charge in [-0.05, 0) is 57.9 Å². The molecule has 0 aliphatic carbocycles. The van der Waals surface area contributed by atoms with Crippen LogP contribution in [0, 0.1) is 11.3 Å². The second kappa shape index (κ2) is 5.34. The average Bonchev–Trinajstić information content (AvgIpc) is 2.37. The Morgan fingerprint density at radius 1 is 1.48 bits per heavy atom. The van der Waals surface area contributed by atoms with Crippen LogP contribution in [0.25, 0.3) is 0 Å².